The molecule has 1 unspecified atom stereocenters. The van der Waals surface area contributed by atoms with Crippen molar-refractivity contribution in [1.82, 2.24) is 20.9 Å². The smallest absolute Gasteiger partial charge is 0.315 e. The van der Waals surface area contributed by atoms with Crippen LogP contribution in [0.1, 0.15) is 85.1 Å². The van der Waals surface area contributed by atoms with Crippen LogP contribution in [-0.4, -0.2) is 64.6 Å². The van der Waals surface area contributed by atoms with Gasteiger partial charge in [-0.3, -0.25) is 19.2 Å². The normalized spacial score (nSPS) is 22.7. The highest BCUT2D eigenvalue weighted by molar-refractivity contribution is 6.37. The molecule has 10 heteroatoms. The number of carbonyl (C=O) groups excluding carboxylic acids is 5. The number of Topliss-reactive ketones (excluding diaryl/α,β-unsaturated/α-hetero) is 1. The molecule has 3 aliphatic rings. The van der Waals surface area contributed by atoms with Crippen molar-refractivity contribution >= 4 is 29.5 Å². The van der Waals surface area contributed by atoms with Crippen molar-refractivity contribution < 1.29 is 24.0 Å². The average molecular weight is 596 g/mol. The Morgan fingerprint density at radius 2 is 1.65 bits per heavy atom. The van der Waals surface area contributed by atoms with E-state index in [9.17, 15) is 24.0 Å². The summed E-state index contributed by atoms with van der Waals surface area (Å²) in [5, 5.41) is 8.93. The molecule has 0 radical (unpaired) electrons. The van der Waals surface area contributed by atoms with Crippen LogP contribution >= 0.6 is 0 Å². The van der Waals surface area contributed by atoms with Gasteiger partial charge in [-0.05, 0) is 67.3 Å². The van der Waals surface area contributed by atoms with Gasteiger partial charge in [-0.1, -0.05) is 77.8 Å². The molecule has 236 valence electrons. The molecule has 2 saturated carbocycles. The van der Waals surface area contributed by atoms with Crippen LogP contribution in [0.4, 0.5) is 4.79 Å². The zero-order valence-corrected chi connectivity index (χ0v) is 26.3. The van der Waals surface area contributed by atoms with Gasteiger partial charge in [0.2, 0.25) is 17.6 Å². The number of nitrogens with one attached hydrogen (secondary N) is 3. The van der Waals surface area contributed by atoms with Gasteiger partial charge in [0.05, 0.1) is 6.04 Å². The van der Waals surface area contributed by atoms with Crippen molar-refractivity contribution in [3.8, 4) is 0 Å². The Kier molecular flexibility index (Phi) is 9.86. The Morgan fingerprint density at radius 1 is 1.00 bits per heavy atom. The minimum Gasteiger partial charge on any atom is -0.363 e. The molecule has 2 aliphatic carbocycles. The lowest BCUT2D eigenvalue weighted by molar-refractivity contribution is -0.144. The largest absolute Gasteiger partial charge is 0.363 e. The van der Waals surface area contributed by atoms with E-state index in [1.165, 1.54) is 0 Å². The van der Waals surface area contributed by atoms with Gasteiger partial charge in [0, 0.05) is 12.1 Å². The van der Waals surface area contributed by atoms with Crippen molar-refractivity contribution in [2.24, 2.45) is 28.9 Å². The number of benzene rings is 1. The van der Waals surface area contributed by atoms with E-state index in [2.05, 4.69) is 28.1 Å². The molecule has 1 aliphatic heterocycles. The zero-order valence-electron chi connectivity index (χ0n) is 26.3. The van der Waals surface area contributed by atoms with E-state index < -0.39 is 47.2 Å². The Morgan fingerprint density at radius 3 is 2.16 bits per heavy atom. The highest BCUT2D eigenvalue weighted by Gasteiger charge is 2.48. The van der Waals surface area contributed by atoms with E-state index in [0.717, 1.165) is 37.7 Å². The van der Waals surface area contributed by atoms with Gasteiger partial charge in [0.15, 0.2) is 0 Å². The van der Waals surface area contributed by atoms with Crippen molar-refractivity contribution in [2.45, 2.75) is 110 Å². The molecule has 10 nitrogen and oxygen atoms in total. The predicted octanol–water partition coefficient (Wildman–Crippen LogP) is 3.08. The summed E-state index contributed by atoms with van der Waals surface area (Å²) >= 11 is 0. The summed E-state index contributed by atoms with van der Waals surface area (Å²) in [5.41, 5.74) is 5.44. The zero-order chi connectivity index (χ0) is 31.5. The third-order valence-electron chi connectivity index (χ3n) is 9.46. The lowest BCUT2D eigenvalue weighted by Gasteiger charge is -2.44. The number of nitrogens with two attached hydrogens (primary N) is 1. The Balaban J connectivity index is 1.51. The highest BCUT2D eigenvalue weighted by atomic mass is 16.2. The fourth-order valence-electron chi connectivity index (χ4n) is 6.60. The first-order chi connectivity index (χ1) is 20.2. The number of likely N-dealkylation sites (tertiary alicyclic amines) is 1. The van der Waals surface area contributed by atoms with E-state index in [4.69, 9.17) is 5.73 Å². The summed E-state index contributed by atoms with van der Waals surface area (Å²) in [7, 11) is 0. The van der Waals surface area contributed by atoms with E-state index in [1.54, 1.807) is 4.90 Å². The first kappa shape index (κ1) is 32.5. The van der Waals surface area contributed by atoms with Crippen LogP contribution in [0.25, 0.3) is 0 Å². The number of nitrogens with zero attached hydrogens (tertiary/aromatic N) is 1. The standard InChI is InChI=1S/C33H49N5O5/c1-20(2)23-14-17-38(25(23)29(41)35-24(18-21-12-13-21)26(39)28(34)40)30(42)27(32(3,4)5)36-31(43)37-33(15-9-16-33)19-22-10-7-6-8-11-22/h6-8,10-11,20-21,23-25,27H,9,12-19H2,1-5H3,(H2,34,40)(H,35,41)(H2,36,37,43)/t23-,24?,25+,27-/m1/s1. The Bertz CT molecular complexity index is 1200. The van der Waals surface area contributed by atoms with Crippen molar-refractivity contribution in [2.75, 3.05) is 6.54 Å². The minimum absolute atomic E-state index is 0.0862. The van der Waals surface area contributed by atoms with Gasteiger partial charge in [-0.15, -0.1) is 0 Å². The predicted molar refractivity (Wildman–Crippen MR) is 164 cm³/mol. The molecule has 43 heavy (non-hydrogen) atoms. The Hall–Kier alpha value is -3.43. The van der Waals surface area contributed by atoms with Gasteiger partial charge >= 0.3 is 6.03 Å². The number of primary amides is 1. The first-order valence-electron chi connectivity index (χ1n) is 15.8. The van der Waals surface area contributed by atoms with Crippen molar-refractivity contribution in [3.63, 3.8) is 0 Å². The quantitative estimate of drug-likeness (QED) is 0.274. The topological polar surface area (TPSA) is 151 Å². The van der Waals surface area contributed by atoms with Crippen LogP contribution in [0.15, 0.2) is 30.3 Å². The molecular formula is C33H49N5O5. The van der Waals surface area contributed by atoms with Crippen LogP contribution < -0.4 is 21.7 Å². The summed E-state index contributed by atoms with van der Waals surface area (Å²) in [4.78, 5) is 67.4. The molecule has 5 amide bonds. The molecule has 0 aromatic heterocycles. The molecule has 1 heterocycles. The lowest BCUT2D eigenvalue weighted by atomic mass is 9.73. The number of hydrogen-bond acceptors (Lipinski definition) is 5. The first-order valence-corrected chi connectivity index (χ1v) is 15.8. The second-order valence-electron chi connectivity index (χ2n) is 14.3. The molecule has 0 bridgehead atoms. The van der Waals surface area contributed by atoms with Crippen LogP contribution in [0.3, 0.4) is 0 Å². The summed E-state index contributed by atoms with van der Waals surface area (Å²) in [6.07, 6.45) is 6.31. The monoisotopic (exact) mass is 595 g/mol. The summed E-state index contributed by atoms with van der Waals surface area (Å²) in [6, 6.07) is 6.91. The van der Waals surface area contributed by atoms with Crippen LogP contribution in [0.5, 0.6) is 0 Å². The lowest BCUT2D eigenvalue weighted by Crippen LogP contribution is -2.64. The van der Waals surface area contributed by atoms with Crippen LogP contribution in [0.2, 0.25) is 0 Å². The maximum absolute atomic E-state index is 14.2. The maximum Gasteiger partial charge on any atom is 0.315 e. The molecule has 5 N–H and O–H groups in total. The number of ketones is 1. The van der Waals surface area contributed by atoms with Gasteiger partial charge in [-0.25, -0.2) is 4.79 Å². The van der Waals surface area contributed by atoms with Gasteiger partial charge in [0.25, 0.3) is 5.91 Å². The summed E-state index contributed by atoms with van der Waals surface area (Å²) in [5.74, 6) is -2.48. The SMILES string of the molecule is CC(C)[C@H]1CCN(C(=O)[C@@H](NC(=O)NC2(Cc3ccccc3)CCC2)C(C)(C)C)[C@@H]1C(=O)NC(CC1CC1)C(=O)C(N)=O. The van der Waals surface area contributed by atoms with Crippen LogP contribution in [-0.2, 0) is 25.6 Å². The van der Waals surface area contributed by atoms with Gasteiger partial charge in [0.1, 0.15) is 12.1 Å². The number of rotatable bonds is 12. The van der Waals surface area contributed by atoms with Gasteiger partial charge in [-0.2, -0.15) is 0 Å². The average Bonchev–Trinajstić information content (AvgIpc) is 3.62. The third kappa shape index (κ3) is 7.95. The summed E-state index contributed by atoms with van der Waals surface area (Å²) < 4.78 is 0. The molecule has 1 aromatic carbocycles. The molecule has 4 atom stereocenters. The second kappa shape index (κ2) is 13.1. The molecule has 4 rings (SSSR count). The van der Waals surface area contributed by atoms with Gasteiger partial charge < -0.3 is 26.6 Å². The molecule has 3 fully saturated rings. The number of carbonyl (C=O) groups is 5. The highest BCUT2D eigenvalue weighted by Crippen LogP contribution is 2.37. The van der Waals surface area contributed by atoms with E-state index in [-0.39, 0.29) is 29.2 Å². The molecule has 1 aromatic rings. The number of hydrogen-bond donors (Lipinski definition) is 4. The fourth-order valence-corrected chi connectivity index (χ4v) is 6.60. The number of urea groups is 1. The van der Waals surface area contributed by atoms with E-state index >= 15 is 0 Å². The second-order valence-corrected chi connectivity index (χ2v) is 14.3. The van der Waals surface area contributed by atoms with Crippen molar-refractivity contribution in [3.05, 3.63) is 35.9 Å². The van der Waals surface area contributed by atoms with E-state index in [1.807, 2.05) is 52.8 Å². The van der Waals surface area contributed by atoms with E-state index in [0.29, 0.717) is 25.8 Å². The van der Waals surface area contributed by atoms with Crippen LogP contribution in [0, 0.1) is 23.2 Å². The fraction of sp³-hybridized carbons (Fsp3) is 0.667. The molecule has 1 saturated heterocycles. The number of amides is 5. The Labute approximate surface area is 255 Å². The minimum atomic E-state index is -1.08. The molecular weight excluding hydrogens is 546 g/mol. The third-order valence-corrected chi connectivity index (χ3v) is 9.46. The molecule has 0 spiro atoms. The van der Waals surface area contributed by atoms with Crippen molar-refractivity contribution in [1.29, 1.82) is 0 Å². The summed E-state index contributed by atoms with van der Waals surface area (Å²) in [6.45, 7) is 10.0. The maximum atomic E-state index is 14.2.